The number of ketones is 1. The predicted molar refractivity (Wildman–Crippen MR) is 126 cm³/mol. The van der Waals surface area contributed by atoms with Crippen molar-refractivity contribution in [1.29, 1.82) is 0 Å². The van der Waals surface area contributed by atoms with Crippen LogP contribution in [0.3, 0.4) is 0 Å². The third-order valence-electron chi connectivity index (χ3n) is 5.64. The van der Waals surface area contributed by atoms with Crippen molar-refractivity contribution in [2.45, 2.75) is 25.8 Å². The monoisotopic (exact) mass is 438 g/mol. The number of nitrogens with zero attached hydrogens (tertiary/aromatic N) is 1. The van der Waals surface area contributed by atoms with Crippen molar-refractivity contribution in [3.8, 4) is 5.75 Å². The molecule has 0 atom stereocenters. The van der Waals surface area contributed by atoms with Gasteiger partial charge in [0.1, 0.15) is 5.75 Å². The van der Waals surface area contributed by atoms with Gasteiger partial charge in [-0.1, -0.05) is 30.7 Å². The Balaban J connectivity index is 1.34. The molecule has 1 saturated heterocycles. The lowest BCUT2D eigenvalue weighted by atomic mass is 10.1. The van der Waals surface area contributed by atoms with Crippen LogP contribution < -0.4 is 16.0 Å². The smallest absolute Gasteiger partial charge is 0.251 e. The summed E-state index contributed by atoms with van der Waals surface area (Å²) in [4.78, 5) is 27.4. The number of hydrogen-bond acceptors (Lipinski definition) is 6. The van der Waals surface area contributed by atoms with Crippen molar-refractivity contribution in [1.82, 2.24) is 20.9 Å². The van der Waals surface area contributed by atoms with E-state index in [1.807, 2.05) is 12.1 Å². The van der Waals surface area contributed by atoms with Crippen LogP contribution in [0.5, 0.6) is 5.75 Å². The van der Waals surface area contributed by atoms with Gasteiger partial charge in [-0.2, -0.15) is 0 Å². The number of benzene rings is 2. The summed E-state index contributed by atoms with van der Waals surface area (Å²) in [5.41, 5.74) is 2.10. The van der Waals surface area contributed by atoms with Crippen molar-refractivity contribution in [2.75, 3.05) is 45.8 Å². The molecule has 32 heavy (non-hydrogen) atoms. The van der Waals surface area contributed by atoms with Crippen molar-refractivity contribution >= 4 is 11.7 Å². The summed E-state index contributed by atoms with van der Waals surface area (Å²) in [6, 6.07) is 13.9. The molecule has 7 nitrogen and oxygen atoms in total. The zero-order valence-corrected chi connectivity index (χ0v) is 18.6. The Labute approximate surface area is 190 Å². The summed E-state index contributed by atoms with van der Waals surface area (Å²) in [6.07, 6.45) is 3.85. The van der Waals surface area contributed by atoms with E-state index in [1.165, 1.54) is 19.3 Å². The van der Waals surface area contributed by atoms with Crippen LogP contribution in [0.1, 0.15) is 45.5 Å². The first-order valence-electron chi connectivity index (χ1n) is 11.4. The molecule has 2 aromatic carbocycles. The Bertz CT molecular complexity index is 864. The lowest BCUT2D eigenvalue weighted by Crippen LogP contribution is -2.37. The number of phenolic OH excluding ortho intramolecular Hbond substituents is 1. The maximum Gasteiger partial charge on any atom is 0.251 e. The fourth-order valence-corrected chi connectivity index (χ4v) is 3.77. The Kier molecular flexibility index (Phi) is 9.68. The Morgan fingerprint density at radius 3 is 2.41 bits per heavy atom. The van der Waals surface area contributed by atoms with Gasteiger partial charge in [-0.15, -0.1) is 0 Å². The molecule has 0 spiro atoms. The number of piperidine rings is 1. The van der Waals surface area contributed by atoms with Gasteiger partial charge < -0.3 is 26.0 Å². The van der Waals surface area contributed by atoms with E-state index in [9.17, 15) is 14.7 Å². The van der Waals surface area contributed by atoms with Crippen LogP contribution >= 0.6 is 0 Å². The maximum absolute atomic E-state index is 12.5. The van der Waals surface area contributed by atoms with Crippen molar-refractivity contribution in [2.24, 2.45) is 0 Å². The number of phenols is 1. The van der Waals surface area contributed by atoms with Crippen LogP contribution in [0, 0.1) is 0 Å². The second-order valence-electron chi connectivity index (χ2n) is 8.18. The number of aromatic hydroxyl groups is 1. The molecule has 1 fully saturated rings. The van der Waals surface area contributed by atoms with Crippen LogP contribution in [0.25, 0.3) is 0 Å². The standard InChI is InChI=1S/C25H34N4O3/c30-23-9-7-20(8-10-23)18-26-11-12-28-25(32)22-6-4-5-21(17-22)24(31)19-27-13-16-29-14-2-1-3-15-29/h4-10,17,26-27,30H,1-3,11-16,18-19H2,(H,28,32). The van der Waals surface area contributed by atoms with Gasteiger partial charge in [0.15, 0.2) is 5.78 Å². The zero-order valence-electron chi connectivity index (χ0n) is 18.6. The van der Waals surface area contributed by atoms with Gasteiger partial charge in [0.2, 0.25) is 0 Å². The van der Waals surface area contributed by atoms with Crippen LogP contribution in [-0.4, -0.2) is 67.5 Å². The molecular formula is C25H34N4O3. The highest BCUT2D eigenvalue weighted by Crippen LogP contribution is 2.09. The van der Waals surface area contributed by atoms with Crippen molar-refractivity contribution in [3.63, 3.8) is 0 Å². The molecule has 1 aliphatic heterocycles. The first-order chi connectivity index (χ1) is 15.6. The predicted octanol–water partition coefficient (Wildman–Crippen LogP) is 2.17. The van der Waals surface area contributed by atoms with E-state index in [4.69, 9.17) is 0 Å². The van der Waals surface area contributed by atoms with E-state index in [-0.39, 0.29) is 24.0 Å². The molecule has 0 saturated carbocycles. The third-order valence-corrected chi connectivity index (χ3v) is 5.64. The number of rotatable bonds is 12. The summed E-state index contributed by atoms with van der Waals surface area (Å²) >= 11 is 0. The second-order valence-corrected chi connectivity index (χ2v) is 8.18. The highest BCUT2D eigenvalue weighted by molar-refractivity contribution is 6.01. The van der Waals surface area contributed by atoms with Gasteiger partial charge in [0.05, 0.1) is 6.54 Å². The molecule has 1 amide bonds. The highest BCUT2D eigenvalue weighted by Gasteiger charge is 2.12. The summed E-state index contributed by atoms with van der Waals surface area (Å²) in [5, 5.41) is 18.7. The topological polar surface area (TPSA) is 93.7 Å². The van der Waals surface area contributed by atoms with Gasteiger partial charge in [0.25, 0.3) is 5.91 Å². The van der Waals surface area contributed by atoms with Crippen LogP contribution in [0.2, 0.25) is 0 Å². The van der Waals surface area contributed by atoms with Crippen LogP contribution in [0.4, 0.5) is 0 Å². The van der Waals surface area contributed by atoms with Gasteiger partial charge in [-0.05, 0) is 55.8 Å². The quantitative estimate of drug-likeness (QED) is 0.300. The van der Waals surface area contributed by atoms with Gasteiger partial charge in [-0.3, -0.25) is 9.59 Å². The van der Waals surface area contributed by atoms with Gasteiger partial charge in [-0.25, -0.2) is 0 Å². The number of nitrogens with one attached hydrogen (secondary N) is 3. The summed E-state index contributed by atoms with van der Waals surface area (Å²) in [6.45, 7) is 6.10. The maximum atomic E-state index is 12.5. The molecule has 0 aliphatic carbocycles. The zero-order chi connectivity index (χ0) is 22.6. The number of likely N-dealkylation sites (tertiary alicyclic amines) is 1. The minimum atomic E-state index is -0.191. The molecule has 0 bridgehead atoms. The largest absolute Gasteiger partial charge is 0.508 e. The summed E-state index contributed by atoms with van der Waals surface area (Å²) < 4.78 is 0. The first-order valence-corrected chi connectivity index (χ1v) is 11.4. The molecule has 0 unspecified atom stereocenters. The molecule has 1 heterocycles. The number of amides is 1. The molecule has 3 rings (SSSR count). The van der Waals surface area contributed by atoms with Crippen LogP contribution in [-0.2, 0) is 6.54 Å². The molecule has 2 aromatic rings. The highest BCUT2D eigenvalue weighted by atomic mass is 16.3. The lowest BCUT2D eigenvalue weighted by molar-refractivity contribution is 0.0954. The minimum absolute atomic E-state index is 0.00569. The fraction of sp³-hybridized carbons (Fsp3) is 0.440. The molecule has 0 aromatic heterocycles. The Morgan fingerprint density at radius 1 is 0.875 bits per heavy atom. The Hall–Kier alpha value is -2.74. The summed E-state index contributed by atoms with van der Waals surface area (Å²) in [7, 11) is 0. The second kappa shape index (κ2) is 13.0. The van der Waals surface area contributed by atoms with E-state index in [0.29, 0.717) is 30.8 Å². The van der Waals surface area contributed by atoms with E-state index >= 15 is 0 Å². The third kappa shape index (κ3) is 8.07. The van der Waals surface area contributed by atoms with E-state index < -0.39 is 0 Å². The first kappa shape index (κ1) is 23.9. The number of carbonyl (C=O) groups excluding carboxylic acids is 2. The molecule has 7 heteroatoms. The van der Waals surface area contributed by atoms with E-state index in [1.54, 1.807) is 36.4 Å². The Morgan fingerprint density at radius 2 is 1.62 bits per heavy atom. The van der Waals surface area contributed by atoms with E-state index in [0.717, 1.165) is 31.7 Å². The van der Waals surface area contributed by atoms with Crippen molar-refractivity contribution in [3.05, 3.63) is 65.2 Å². The molecule has 172 valence electrons. The molecule has 1 aliphatic rings. The van der Waals surface area contributed by atoms with Gasteiger partial charge >= 0.3 is 0 Å². The van der Waals surface area contributed by atoms with Gasteiger partial charge in [0, 0.05) is 43.9 Å². The minimum Gasteiger partial charge on any atom is -0.508 e. The number of hydrogen-bond donors (Lipinski definition) is 4. The fourth-order valence-electron chi connectivity index (χ4n) is 3.77. The lowest BCUT2D eigenvalue weighted by Gasteiger charge is -2.26. The average Bonchev–Trinajstić information content (AvgIpc) is 2.83. The molecule has 0 radical (unpaired) electrons. The average molecular weight is 439 g/mol. The normalized spacial score (nSPS) is 14.2. The molecule has 4 N–H and O–H groups in total. The summed E-state index contributed by atoms with van der Waals surface area (Å²) in [5.74, 6) is 0.0490. The molecular weight excluding hydrogens is 404 g/mol. The number of carbonyl (C=O) groups is 2. The SMILES string of the molecule is O=C(CNCCN1CCCCC1)c1cccc(C(=O)NCCNCc2ccc(O)cc2)c1. The van der Waals surface area contributed by atoms with Crippen LogP contribution in [0.15, 0.2) is 48.5 Å². The number of Topliss-reactive ketones (excluding diaryl/α,β-unsaturated/α-hetero) is 1. The van der Waals surface area contributed by atoms with E-state index in [2.05, 4.69) is 20.9 Å². The van der Waals surface area contributed by atoms with Crippen molar-refractivity contribution < 1.29 is 14.7 Å².